The zero-order valence-electron chi connectivity index (χ0n) is 12.2. The van der Waals surface area contributed by atoms with E-state index in [1.807, 2.05) is 6.20 Å². The van der Waals surface area contributed by atoms with Gasteiger partial charge in [0, 0.05) is 31.4 Å². The minimum absolute atomic E-state index is 0.181. The van der Waals surface area contributed by atoms with E-state index in [0.717, 1.165) is 12.1 Å². The third-order valence-corrected chi connectivity index (χ3v) is 2.97. The topological polar surface area (TPSA) is 68.1 Å². The van der Waals surface area contributed by atoms with Gasteiger partial charge in [-0.25, -0.2) is 0 Å². The maximum absolute atomic E-state index is 11.4. The second kappa shape index (κ2) is 5.56. The van der Waals surface area contributed by atoms with Gasteiger partial charge >= 0.3 is 0 Å². The van der Waals surface area contributed by atoms with Crippen molar-refractivity contribution in [3.05, 3.63) is 24.0 Å². The van der Waals surface area contributed by atoms with E-state index < -0.39 is 0 Å². The number of hydrogen-bond acceptors (Lipinski definition) is 4. The van der Waals surface area contributed by atoms with Gasteiger partial charge in [-0.1, -0.05) is 26.0 Å². The molecule has 0 saturated carbocycles. The Kier molecular flexibility index (Phi) is 4.01. The molecule has 0 aliphatic carbocycles. The van der Waals surface area contributed by atoms with Crippen molar-refractivity contribution >= 4 is 11.8 Å². The molecule has 1 aliphatic rings. The van der Waals surface area contributed by atoms with E-state index in [2.05, 4.69) is 31.1 Å². The maximum Gasteiger partial charge on any atom is 0.253 e. The fourth-order valence-electron chi connectivity index (χ4n) is 2.11. The normalized spacial score (nSPS) is 15.4. The highest BCUT2D eigenvalue weighted by molar-refractivity contribution is 6.12. The molecular formula is C14H20N4O2. The van der Waals surface area contributed by atoms with E-state index in [4.69, 9.17) is 0 Å². The summed E-state index contributed by atoms with van der Waals surface area (Å²) in [6.07, 6.45) is 6.09. The summed E-state index contributed by atoms with van der Waals surface area (Å²) in [6.45, 7) is 7.53. The van der Waals surface area contributed by atoms with Gasteiger partial charge in [0.25, 0.3) is 11.8 Å². The van der Waals surface area contributed by atoms with Gasteiger partial charge in [0.1, 0.15) is 0 Å². The predicted octanol–water partition coefficient (Wildman–Crippen LogP) is 1.18. The van der Waals surface area contributed by atoms with Gasteiger partial charge in [-0.15, -0.1) is 5.10 Å². The number of carbonyl (C=O) groups is 2. The Morgan fingerprint density at radius 1 is 1.10 bits per heavy atom. The summed E-state index contributed by atoms with van der Waals surface area (Å²) in [6, 6.07) is 0. The van der Waals surface area contributed by atoms with Gasteiger partial charge in [-0.3, -0.25) is 19.2 Å². The average molecular weight is 276 g/mol. The molecule has 2 rings (SSSR count). The van der Waals surface area contributed by atoms with Crippen LogP contribution >= 0.6 is 0 Å². The zero-order valence-corrected chi connectivity index (χ0v) is 12.2. The summed E-state index contributed by atoms with van der Waals surface area (Å²) in [5.41, 5.74) is 1.15. The first-order valence-corrected chi connectivity index (χ1v) is 6.78. The van der Waals surface area contributed by atoms with E-state index in [0.29, 0.717) is 19.5 Å². The molecule has 2 amide bonds. The van der Waals surface area contributed by atoms with Gasteiger partial charge in [0.2, 0.25) is 0 Å². The minimum Gasteiger partial charge on any atom is -0.275 e. The number of rotatable bonds is 5. The second-order valence-corrected chi connectivity index (χ2v) is 6.23. The second-order valence-electron chi connectivity index (χ2n) is 6.23. The average Bonchev–Trinajstić information content (AvgIpc) is 2.88. The summed E-state index contributed by atoms with van der Waals surface area (Å²) in [5.74, 6) is -0.468. The van der Waals surface area contributed by atoms with Crippen molar-refractivity contribution < 1.29 is 9.59 Å². The summed E-state index contributed by atoms with van der Waals surface area (Å²) >= 11 is 0. The third kappa shape index (κ3) is 3.76. The quantitative estimate of drug-likeness (QED) is 0.757. The largest absolute Gasteiger partial charge is 0.275 e. The van der Waals surface area contributed by atoms with Crippen molar-refractivity contribution in [2.75, 3.05) is 6.54 Å². The molecule has 0 fully saturated rings. The number of imide groups is 1. The smallest absolute Gasteiger partial charge is 0.253 e. The Morgan fingerprint density at radius 2 is 1.75 bits per heavy atom. The minimum atomic E-state index is -0.234. The van der Waals surface area contributed by atoms with Crippen molar-refractivity contribution in [2.45, 2.75) is 40.2 Å². The van der Waals surface area contributed by atoms with E-state index in [1.54, 1.807) is 4.68 Å². The number of carbonyl (C=O) groups excluding carboxylic acids is 2. The third-order valence-electron chi connectivity index (χ3n) is 2.97. The van der Waals surface area contributed by atoms with Crippen molar-refractivity contribution in [1.29, 1.82) is 0 Å². The highest BCUT2D eigenvalue weighted by Crippen LogP contribution is 2.18. The van der Waals surface area contributed by atoms with E-state index >= 15 is 0 Å². The summed E-state index contributed by atoms with van der Waals surface area (Å²) in [7, 11) is 0. The lowest BCUT2D eigenvalue weighted by atomic mass is 9.91. The van der Waals surface area contributed by atoms with Crippen LogP contribution in [0, 0.1) is 5.41 Å². The first kappa shape index (κ1) is 14.4. The van der Waals surface area contributed by atoms with Gasteiger partial charge in [-0.05, 0) is 18.3 Å². The van der Waals surface area contributed by atoms with Crippen molar-refractivity contribution in [3.8, 4) is 0 Å². The molecule has 0 aromatic carbocycles. The molecule has 1 aromatic heterocycles. The molecule has 20 heavy (non-hydrogen) atoms. The molecule has 0 bridgehead atoms. The number of aromatic nitrogens is 3. The Labute approximate surface area is 118 Å². The van der Waals surface area contributed by atoms with Gasteiger partial charge < -0.3 is 0 Å². The van der Waals surface area contributed by atoms with Gasteiger partial charge in [0.05, 0.1) is 5.69 Å². The Hall–Kier alpha value is -1.98. The van der Waals surface area contributed by atoms with Gasteiger partial charge in [0.15, 0.2) is 0 Å². The fourth-order valence-corrected chi connectivity index (χ4v) is 2.11. The number of hydrogen-bond donors (Lipinski definition) is 0. The van der Waals surface area contributed by atoms with Crippen LogP contribution in [0.2, 0.25) is 0 Å². The highest BCUT2D eigenvalue weighted by Gasteiger charge is 2.22. The molecule has 0 unspecified atom stereocenters. The van der Waals surface area contributed by atoms with Crippen molar-refractivity contribution in [1.82, 2.24) is 19.9 Å². The van der Waals surface area contributed by atoms with Crippen LogP contribution in [0.15, 0.2) is 18.3 Å². The van der Waals surface area contributed by atoms with Crippen LogP contribution < -0.4 is 0 Å². The molecule has 0 N–H and O–H groups in total. The molecule has 0 saturated heterocycles. The van der Waals surface area contributed by atoms with Crippen LogP contribution in [0.1, 0.15) is 32.9 Å². The van der Waals surface area contributed by atoms with E-state index in [1.165, 1.54) is 17.1 Å². The van der Waals surface area contributed by atoms with Crippen LogP contribution in [0.5, 0.6) is 0 Å². The Bertz CT molecular complexity index is 522. The molecule has 108 valence electrons. The Morgan fingerprint density at radius 3 is 2.35 bits per heavy atom. The zero-order chi connectivity index (χ0) is 14.8. The summed E-state index contributed by atoms with van der Waals surface area (Å²) in [4.78, 5) is 24.0. The van der Waals surface area contributed by atoms with Crippen LogP contribution in [0.3, 0.4) is 0 Å². The fraction of sp³-hybridized carbons (Fsp3) is 0.571. The van der Waals surface area contributed by atoms with Crippen LogP contribution in [-0.4, -0.2) is 38.3 Å². The lowest BCUT2D eigenvalue weighted by Crippen LogP contribution is -2.31. The van der Waals surface area contributed by atoms with Crippen molar-refractivity contribution in [3.63, 3.8) is 0 Å². The predicted molar refractivity (Wildman–Crippen MR) is 73.7 cm³/mol. The van der Waals surface area contributed by atoms with Crippen molar-refractivity contribution in [2.24, 2.45) is 5.41 Å². The van der Waals surface area contributed by atoms with Crippen LogP contribution in [0.4, 0.5) is 0 Å². The summed E-state index contributed by atoms with van der Waals surface area (Å²) in [5, 5.41) is 8.20. The van der Waals surface area contributed by atoms with E-state index in [-0.39, 0.29) is 17.2 Å². The van der Waals surface area contributed by atoms with Crippen LogP contribution in [-0.2, 0) is 22.6 Å². The number of amides is 2. The SMILES string of the molecule is CC(C)(C)Cc1cn(CCCN2C(=O)C=CC2=O)nn1. The van der Waals surface area contributed by atoms with Gasteiger partial charge in [-0.2, -0.15) is 0 Å². The molecule has 0 atom stereocenters. The van der Waals surface area contributed by atoms with Crippen LogP contribution in [0.25, 0.3) is 0 Å². The molecule has 0 spiro atoms. The monoisotopic (exact) mass is 276 g/mol. The first-order valence-electron chi connectivity index (χ1n) is 6.78. The van der Waals surface area contributed by atoms with E-state index in [9.17, 15) is 9.59 Å². The molecule has 2 heterocycles. The highest BCUT2D eigenvalue weighted by atomic mass is 16.2. The molecule has 6 heteroatoms. The lowest BCUT2D eigenvalue weighted by molar-refractivity contribution is -0.136. The molecule has 6 nitrogen and oxygen atoms in total. The number of nitrogens with zero attached hydrogens (tertiary/aromatic N) is 4. The molecule has 1 aliphatic heterocycles. The Balaban J connectivity index is 1.80. The standard InChI is InChI=1S/C14H20N4O2/c1-14(2,3)9-11-10-17(16-15-11)7-4-8-18-12(19)5-6-13(18)20/h5-6,10H,4,7-9H2,1-3H3. The summed E-state index contributed by atoms with van der Waals surface area (Å²) < 4.78 is 1.76. The lowest BCUT2D eigenvalue weighted by Gasteiger charge is -2.15. The molecular weight excluding hydrogens is 256 g/mol. The molecule has 1 aromatic rings. The maximum atomic E-state index is 11.4. The molecule has 0 radical (unpaired) electrons. The number of aryl methyl sites for hydroxylation is 1. The first-order chi connectivity index (χ1) is 9.35.